The first kappa shape index (κ1) is 30.0. The van der Waals surface area contributed by atoms with E-state index in [9.17, 15) is 14.0 Å². The lowest BCUT2D eigenvalue weighted by molar-refractivity contribution is -0.134. The molecule has 0 radical (unpaired) electrons. The molecule has 5 rings (SSSR count). The van der Waals surface area contributed by atoms with Gasteiger partial charge >= 0.3 is 0 Å². The summed E-state index contributed by atoms with van der Waals surface area (Å²) in [6.45, 7) is 5.55. The van der Waals surface area contributed by atoms with Gasteiger partial charge in [0.15, 0.2) is 0 Å². The fraction of sp³-hybridized carbons (Fsp3) is 0.484. The SMILES string of the molecule is C[C@@H](NC(=O)c1ccccc1Cl)C(=O)N1CCN(CCCOc2ccc(-c3noc(CC4CCCC4)n3)c(F)c2)CC1. The van der Waals surface area contributed by atoms with Crippen LogP contribution in [-0.2, 0) is 11.2 Å². The van der Waals surface area contributed by atoms with Gasteiger partial charge in [-0.25, -0.2) is 4.39 Å². The van der Waals surface area contributed by atoms with Gasteiger partial charge < -0.3 is 19.5 Å². The topological polar surface area (TPSA) is 101 Å². The number of nitrogens with one attached hydrogen (secondary N) is 1. The van der Waals surface area contributed by atoms with Crippen LogP contribution < -0.4 is 10.1 Å². The Hall–Kier alpha value is -3.50. The van der Waals surface area contributed by atoms with Crippen LogP contribution in [0.4, 0.5) is 4.39 Å². The molecule has 2 amide bonds. The van der Waals surface area contributed by atoms with Crippen molar-refractivity contribution in [1.82, 2.24) is 25.3 Å². The van der Waals surface area contributed by atoms with Gasteiger partial charge in [0.25, 0.3) is 5.91 Å². The number of aromatic nitrogens is 2. The van der Waals surface area contributed by atoms with Crippen LogP contribution in [0.5, 0.6) is 5.75 Å². The van der Waals surface area contributed by atoms with Crippen molar-refractivity contribution < 1.29 is 23.2 Å². The Morgan fingerprint density at radius 3 is 2.64 bits per heavy atom. The summed E-state index contributed by atoms with van der Waals surface area (Å²) in [4.78, 5) is 33.8. The van der Waals surface area contributed by atoms with Crippen molar-refractivity contribution in [1.29, 1.82) is 0 Å². The second-order valence-corrected chi connectivity index (χ2v) is 11.5. The summed E-state index contributed by atoms with van der Waals surface area (Å²) in [6, 6.07) is 10.8. The van der Waals surface area contributed by atoms with E-state index in [0.29, 0.717) is 53.4 Å². The van der Waals surface area contributed by atoms with Gasteiger partial charge in [0.1, 0.15) is 17.6 Å². The number of ether oxygens (including phenoxy) is 1. The number of rotatable bonds is 11. The van der Waals surface area contributed by atoms with Gasteiger partial charge in [-0.3, -0.25) is 14.5 Å². The highest BCUT2D eigenvalue weighted by Crippen LogP contribution is 2.29. The quantitative estimate of drug-likeness (QED) is 0.311. The summed E-state index contributed by atoms with van der Waals surface area (Å²) in [5.41, 5.74) is 0.647. The van der Waals surface area contributed by atoms with Crippen LogP contribution in [0.25, 0.3) is 11.4 Å². The summed E-state index contributed by atoms with van der Waals surface area (Å²) in [5.74, 6) is 0.934. The Labute approximate surface area is 250 Å². The molecule has 11 heteroatoms. The summed E-state index contributed by atoms with van der Waals surface area (Å²) >= 11 is 6.10. The van der Waals surface area contributed by atoms with Crippen molar-refractivity contribution >= 4 is 23.4 Å². The third-order valence-corrected chi connectivity index (χ3v) is 8.33. The number of nitrogens with zero attached hydrogens (tertiary/aromatic N) is 4. The summed E-state index contributed by atoms with van der Waals surface area (Å²) < 4.78 is 26.0. The normalized spacial score (nSPS) is 16.9. The van der Waals surface area contributed by atoms with E-state index < -0.39 is 11.9 Å². The van der Waals surface area contributed by atoms with Gasteiger partial charge in [0, 0.05) is 45.2 Å². The molecule has 2 aliphatic rings. The molecule has 0 spiro atoms. The maximum Gasteiger partial charge on any atom is 0.253 e. The number of benzene rings is 2. The molecule has 2 aromatic carbocycles. The highest BCUT2D eigenvalue weighted by Gasteiger charge is 2.26. The highest BCUT2D eigenvalue weighted by atomic mass is 35.5. The Kier molecular flexibility index (Phi) is 10.1. The Morgan fingerprint density at radius 1 is 1.14 bits per heavy atom. The average molecular weight is 598 g/mol. The van der Waals surface area contributed by atoms with Crippen molar-refractivity contribution in [3.05, 3.63) is 64.8 Å². The zero-order valence-corrected chi connectivity index (χ0v) is 24.6. The zero-order valence-electron chi connectivity index (χ0n) is 23.9. The molecule has 2 heterocycles. The molecule has 1 saturated carbocycles. The summed E-state index contributed by atoms with van der Waals surface area (Å²) in [6.07, 6.45) is 6.36. The lowest BCUT2D eigenvalue weighted by Crippen LogP contribution is -2.54. The maximum atomic E-state index is 14.8. The molecule has 1 aliphatic carbocycles. The number of carbonyl (C=O) groups is 2. The Balaban J connectivity index is 1.01. The van der Waals surface area contributed by atoms with E-state index in [-0.39, 0.29) is 17.6 Å². The molecule has 224 valence electrons. The first-order chi connectivity index (χ1) is 20.4. The van der Waals surface area contributed by atoms with Crippen molar-refractivity contribution in [3.8, 4) is 17.1 Å². The molecule has 3 aromatic rings. The predicted octanol–water partition coefficient (Wildman–Crippen LogP) is 4.99. The van der Waals surface area contributed by atoms with Crippen molar-refractivity contribution in [3.63, 3.8) is 0 Å². The molecule has 1 aliphatic heterocycles. The van der Waals surface area contributed by atoms with E-state index in [1.54, 1.807) is 48.2 Å². The molecule has 0 unspecified atom stereocenters. The highest BCUT2D eigenvalue weighted by molar-refractivity contribution is 6.33. The largest absolute Gasteiger partial charge is 0.493 e. The van der Waals surface area contributed by atoms with Crippen molar-refractivity contribution in [2.45, 2.75) is 51.5 Å². The molecule has 2 fully saturated rings. The van der Waals surface area contributed by atoms with E-state index in [2.05, 4.69) is 20.4 Å². The average Bonchev–Trinajstić information content (AvgIpc) is 3.68. The minimum atomic E-state index is -0.653. The van der Waals surface area contributed by atoms with Gasteiger partial charge in [-0.1, -0.05) is 41.7 Å². The lowest BCUT2D eigenvalue weighted by atomic mass is 10.0. The van der Waals surface area contributed by atoms with Gasteiger partial charge in [0.2, 0.25) is 17.6 Å². The molecular weight excluding hydrogens is 561 g/mol. The van der Waals surface area contributed by atoms with Gasteiger partial charge in [-0.2, -0.15) is 4.98 Å². The first-order valence-electron chi connectivity index (χ1n) is 14.7. The maximum absolute atomic E-state index is 14.8. The summed E-state index contributed by atoms with van der Waals surface area (Å²) in [7, 11) is 0. The number of hydrogen-bond donors (Lipinski definition) is 1. The van der Waals surface area contributed by atoms with Gasteiger partial charge in [-0.05, 0) is 56.4 Å². The third kappa shape index (κ3) is 7.66. The Bertz CT molecular complexity index is 1370. The second-order valence-electron chi connectivity index (χ2n) is 11.1. The van der Waals surface area contributed by atoms with E-state index in [0.717, 1.165) is 32.5 Å². The fourth-order valence-electron chi connectivity index (χ4n) is 5.60. The van der Waals surface area contributed by atoms with Crippen LogP contribution in [0.2, 0.25) is 5.02 Å². The van der Waals surface area contributed by atoms with Crippen molar-refractivity contribution in [2.24, 2.45) is 5.92 Å². The molecule has 1 N–H and O–H groups in total. The summed E-state index contributed by atoms with van der Waals surface area (Å²) in [5, 5.41) is 7.08. The number of amides is 2. The smallest absolute Gasteiger partial charge is 0.253 e. The van der Waals surface area contributed by atoms with Crippen LogP contribution in [-0.4, -0.2) is 77.1 Å². The number of hydrogen-bond acceptors (Lipinski definition) is 7. The second kappa shape index (κ2) is 14.1. The molecule has 1 saturated heterocycles. The minimum Gasteiger partial charge on any atom is -0.493 e. The molecule has 42 heavy (non-hydrogen) atoms. The molecule has 1 aromatic heterocycles. The van der Waals surface area contributed by atoms with Crippen LogP contribution in [0.15, 0.2) is 47.0 Å². The third-order valence-electron chi connectivity index (χ3n) is 8.00. The van der Waals surface area contributed by atoms with Crippen LogP contribution in [0.1, 0.15) is 55.3 Å². The number of carbonyl (C=O) groups excluding carboxylic acids is 2. The van der Waals surface area contributed by atoms with E-state index in [1.807, 2.05) is 0 Å². The molecule has 9 nitrogen and oxygen atoms in total. The molecule has 1 atom stereocenters. The molecule has 0 bridgehead atoms. The van der Waals surface area contributed by atoms with Crippen LogP contribution in [0, 0.1) is 11.7 Å². The van der Waals surface area contributed by atoms with E-state index >= 15 is 0 Å². The van der Waals surface area contributed by atoms with Crippen molar-refractivity contribution in [2.75, 3.05) is 39.3 Å². The standard InChI is InChI=1S/C31H37ClFN5O4/c1-21(34-30(39)24-9-4-5-10-26(24)32)31(40)38-16-14-37(15-17-38)13-6-18-41-23-11-12-25(27(33)20-23)29-35-28(42-36-29)19-22-7-2-3-8-22/h4-5,9-12,20-22H,2-3,6-8,13-19H2,1H3,(H,34,39)/t21-/m1/s1. The van der Waals surface area contributed by atoms with Crippen LogP contribution >= 0.6 is 11.6 Å². The fourth-order valence-corrected chi connectivity index (χ4v) is 5.82. The monoisotopic (exact) mass is 597 g/mol. The predicted molar refractivity (Wildman–Crippen MR) is 157 cm³/mol. The van der Waals surface area contributed by atoms with Crippen LogP contribution in [0.3, 0.4) is 0 Å². The lowest BCUT2D eigenvalue weighted by Gasteiger charge is -2.36. The van der Waals surface area contributed by atoms with E-state index in [4.69, 9.17) is 20.9 Å². The molecular formula is C31H37ClFN5O4. The number of piperazine rings is 1. The Morgan fingerprint density at radius 2 is 1.90 bits per heavy atom. The van der Waals surface area contributed by atoms with Gasteiger partial charge in [0.05, 0.1) is 22.8 Å². The number of halogens is 2. The van der Waals surface area contributed by atoms with Gasteiger partial charge in [-0.15, -0.1) is 0 Å². The first-order valence-corrected chi connectivity index (χ1v) is 15.1. The van der Waals surface area contributed by atoms with E-state index in [1.165, 1.54) is 31.7 Å². The minimum absolute atomic E-state index is 0.116. The zero-order chi connectivity index (χ0) is 29.5.